The van der Waals surface area contributed by atoms with Crippen LogP contribution in [0, 0.1) is 5.92 Å². The molecule has 0 aliphatic carbocycles. The molecule has 0 unspecified atom stereocenters. The van der Waals surface area contributed by atoms with Crippen LogP contribution in [-0.4, -0.2) is 53.0 Å². The van der Waals surface area contributed by atoms with Crippen molar-refractivity contribution in [1.29, 1.82) is 0 Å². The number of hydrogen-bond acceptors (Lipinski definition) is 6. The molecule has 2 N–H and O–H groups in total. The van der Waals surface area contributed by atoms with Crippen molar-refractivity contribution in [3.8, 4) is 11.3 Å². The van der Waals surface area contributed by atoms with E-state index in [-0.39, 0.29) is 0 Å². The first kappa shape index (κ1) is 14.4. The summed E-state index contributed by atoms with van der Waals surface area (Å²) >= 11 is 0. The number of aromatic amines is 1. The number of nitrogens with zero attached hydrogens (tertiary/aromatic N) is 4. The molecule has 2 aromatic rings. The maximum atomic E-state index is 5.45. The van der Waals surface area contributed by atoms with Gasteiger partial charge in [0, 0.05) is 44.6 Å². The smallest absolute Gasteiger partial charge is 0.172 e. The Morgan fingerprint density at radius 2 is 2.17 bits per heavy atom. The molecule has 23 heavy (non-hydrogen) atoms. The number of H-pyrrole nitrogens is 1. The summed E-state index contributed by atoms with van der Waals surface area (Å²) in [6.07, 6.45) is 8.98. The number of rotatable bonds is 4. The summed E-state index contributed by atoms with van der Waals surface area (Å²) in [5, 5.41) is 10.2. The van der Waals surface area contributed by atoms with Crippen molar-refractivity contribution in [2.75, 3.05) is 43.1 Å². The zero-order valence-electron chi connectivity index (χ0n) is 13.2. The number of ether oxygens (including phenoxy) is 1. The van der Waals surface area contributed by atoms with Crippen molar-refractivity contribution >= 4 is 11.6 Å². The topological polar surface area (TPSA) is 79.0 Å². The van der Waals surface area contributed by atoms with Gasteiger partial charge in [0.1, 0.15) is 0 Å². The Morgan fingerprint density at radius 3 is 3.00 bits per heavy atom. The molecular weight excluding hydrogens is 292 g/mol. The fourth-order valence-electron chi connectivity index (χ4n) is 3.26. The molecule has 0 radical (unpaired) electrons. The SMILES string of the molecule is c1n[nH]cc1-c1cnc2c(n1)N(CCC1CCOCC1)CCN2. The standard InChI is InChI=1S/C16H22N6O/c1(12-2-7-23-8-3-12)5-22-6-4-17-15-16(22)21-14(11-18-15)13-9-19-20-10-13/h9-12H,1-8H2,(H,17,18)(H,19,20). The van der Waals surface area contributed by atoms with E-state index in [1.165, 1.54) is 19.3 Å². The molecule has 0 amide bonds. The van der Waals surface area contributed by atoms with Crippen LogP contribution >= 0.6 is 0 Å². The molecule has 2 aliphatic heterocycles. The number of aromatic nitrogens is 4. The number of fused-ring (bicyclic) bond motifs is 1. The van der Waals surface area contributed by atoms with Gasteiger partial charge in [-0.3, -0.25) is 5.10 Å². The minimum atomic E-state index is 0.770. The van der Waals surface area contributed by atoms with Crippen molar-refractivity contribution in [3.05, 3.63) is 18.6 Å². The Hall–Kier alpha value is -2.15. The molecule has 2 aromatic heterocycles. The fourth-order valence-corrected chi connectivity index (χ4v) is 3.26. The number of hydrogen-bond donors (Lipinski definition) is 2. The normalized spacial score (nSPS) is 18.5. The lowest BCUT2D eigenvalue weighted by Crippen LogP contribution is -2.37. The van der Waals surface area contributed by atoms with Crippen LogP contribution in [0.3, 0.4) is 0 Å². The highest BCUT2D eigenvalue weighted by atomic mass is 16.5. The van der Waals surface area contributed by atoms with E-state index >= 15 is 0 Å². The molecule has 0 aromatic carbocycles. The van der Waals surface area contributed by atoms with Crippen LogP contribution in [0.1, 0.15) is 19.3 Å². The van der Waals surface area contributed by atoms with E-state index in [9.17, 15) is 0 Å². The van der Waals surface area contributed by atoms with Crippen LogP contribution in [0.25, 0.3) is 11.3 Å². The second kappa shape index (κ2) is 6.54. The van der Waals surface area contributed by atoms with Gasteiger partial charge in [-0.25, -0.2) is 9.97 Å². The summed E-state index contributed by atoms with van der Waals surface area (Å²) in [6, 6.07) is 0. The van der Waals surface area contributed by atoms with Gasteiger partial charge < -0.3 is 15.0 Å². The van der Waals surface area contributed by atoms with Crippen molar-refractivity contribution < 1.29 is 4.74 Å². The molecule has 0 spiro atoms. The van der Waals surface area contributed by atoms with Crippen LogP contribution in [0.5, 0.6) is 0 Å². The maximum Gasteiger partial charge on any atom is 0.172 e. The Bertz CT molecular complexity index is 638. The molecule has 122 valence electrons. The minimum Gasteiger partial charge on any atom is -0.381 e. The third-order valence-corrected chi connectivity index (χ3v) is 4.67. The predicted octanol–water partition coefficient (Wildman–Crippen LogP) is 1.92. The number of anilines is 2. The first-order valence-electron chi connectivity index (χ1n) is 8.33. The van der Waals surface area contributed by atoms with Crippen LogP contribution in [0.2, 0.25) is 0 Å². The third kappa shape index (κ3) is 3.14. The van der Waals surface area contributed by atoms with Crippen LogP contribution in [0.15, 0.2) is 18.6 Å². The van der Waals surface area contributed by atoms with Crippen LogP contribution < -0.4 is 10.2 Å². The minimum absolute atomic E-state index is 0.770. The van der Waals surface area contributed by atoms with Gasteiger partial charge in [-0.15, -0.1) is 0 Å². The highest BCUT2D eigenvalue weighted by Gasteiger charge is 2.22. The predicted molar refractivity (Wildman–Crippen MR) is 88.5 cm³/mol. The van der Waals surface area contributed by atoms with E-state index in [1.54, 1.807) is 12.4 Å². The summed E-state index contributed by atoms with van der Waals surface area (Å²) in [5.74, 6) is 2.62. The van der Waals surface area contributed by atoms with E-state index in [2.05, 4.69) is 25.4 Å². The quantitative estimate of drug-likeness (QED) is 0.897. The number of nitrogens with one attached hydrogen (secondary N) is 2. The average Bonchev–Trinajstić information content (AvgIpc) is 3.15. The van der Waals surface area contributed by atoms with Gasteiger partial charge in [-0.2, -0.15) is 5.10 Å². The summed E-state index contributed by atoms with van der Waals surface area (Å²) in [6.45, 7) is 4.74. The van der Waals surface area contributed by atoms with Gasteiger partial charge in [0.15, 0.2) is 11.6 Å². The lowest BCUT2D eigenvalue weighted by atomic mass is 9.96. The summed E-state index contributed by atoms with van der Waals surface area (Å²) in [7, 11) is 0. The Morgan fingerprint density at radius 1 is 1.26 bits per heavy atom. The Balaban J connectivity index is 1.50. The molecule has 0 bridgehead atoms. The third-order valence-electron chi connectivity index (χ3n) is 4.67. The Labute approximate surface area is 135 Å². The molecule has 4 heterocycles. The maximum absolute atomic E-state index is 5.45. The van der Waals surface area contributed by atoms with E-state index in [1.807, 2.05) is 6.20 Å². The summed E-state index contributed by atoms with van der Waals surface area (Å²) < 4.78 is 5.45. The highest BCUT2D eigenvalue weighted by Crippen LogP contribution is 2.29. The summed E-state index contributed by atoms with van der Waals surface area (Å²) in [5.41, 5.74) is 1.83. The second-order valence-electron chi connectivity index (χ2n) is 6.17. The van der Waals surface area contributed by atoms with E-state index in [0.717, 1.165) is 61.7 Å². The molecule has 2 aliphatic rings. The molecule has 1 saturated heterocycles. The largest absolute Gasteiger partial charge is 0.381 e. The molecule has 7 heteroatoms. The van der Waals surface area contributed by atoms with Crippen molar-refractivity contribution in [1.82, 2.24) is 20.2 Å². The van der Waals surface area contributed by atoms with Gasteiger partial charge in [0.2, 0.25) is 0 Å². The average molecular weight is 314 g/mol. The zero-order valence-corrected chi connectivity index (χ0v) is 13.2. The van der Waals surface area contributed by atoms with E-state index in [0.29, 0.717) is 0 Å². The summed E-state index contributed by atoms with van der Waals surface area (Å²) in [4.78, 5) is 11.7. The molecule has 1 fully saturated rings. The molecule has 0 atom stereocenters. The molecule has 4 rings (SSSR count). The highest BCUT2D eigenvalue weighted by molar-refractivity contribution is 5.68. The van der Waals surface area contributed by atoms with Gasteiger partial charge in [0.25, 0.3) is 0 Å². The monoisotopic (exact) mass is 314 g/mol. The first-order valence-corrected chi connectivity index (χ1v) is 8.33. The lowest BCUT2D eigenvalue weighted by Gasteiger charge is -2.32. The second-order valence-corrected chi connectivity index (χ2v) is 6.17. The zero-order chi connectivity index (χ0) is 15.5. The van der Waals surface area contributed by atoms with Crippen LogP contribution in [-0.2, 0) is 4.74 Å². The van der Waals surface area contributed by atoms with Gasteiger partial charge >= 0.3 is 0 Å². The molecule has 7 nitrogen and oxygen atoms in total. The lowest BCUT2D eigenvalue weighted by molar-refractivity contribution is 0.0645. The van der Waals surface area contributed by atoms with Crippen LogP contribution in [0.4, 0.5) is 11.6 Å². The molecule has 0 saturated carbocycles. The van der Waals surface area contributed by atoms with E-state index in [4.69, 9.17) is 9.72 Å². The van der Waals surface area contributed by atoms with Gasteiger partial charge in [0.05, 0.1) is 18.1 Å². The first-order chi connectivity index (χ1) is 11.4. The fraction of sp³-hybridized carbons (Fsp3) is 0.562. The van der Waals surface area contributed by atoms with Gasteiger partial charge in [-0.1, -0.05) is 0 Å². The van der Waals surface area contributed by atoms with Crippen molar-refractivity contribution in [2.45, 2.75) is 19.3 Å². The van der Waals surface area contributed by atoms with Crippen molar-refractivity contribution in [3.63, 3.8) is 0 Å². The van der Waals surface area contributed by atoms with E-state index < -0.39 is 0 Å². The van der Waals surface area contributed by atoms with Crippen molar-refractivity contribution in [2.24, 2.45) is 5.92 Å². The molecular formula is C16H22N6O. The Kier molecular flexibility index (Phi) is 4.10. The van der Waals surface area contributed by atoms with Gasteiger partial charge in [-0.05, 0) is 25.2 Å².